The highest BCUT2D eigenvalue weighted by atomic mass is 127. The van der Waals surface area contributed by atoms with E-state index in [1.807, 2.05) is 29.0 Å². The van der Waals surface area contributed by atoms with Gasteiger partial charge >= 0.3 is 0 Å². The Morgan fingerprint density at radius 1 is 1.29 bits per heavy atom. The molecule has 2 nitrogen and oxygen atoms in total. The minimum Gasteiger partial charge on any atom is -0.506 e. The number of hydrogen-bond donors (Lipinski definition) is 2. The van der Waals surface area contributed by atoms with Crippen molar-refractivity contribution in [3.05, 3.63) is 47.2 Å². The average molecular weight is 494 g/mol. The van der Waals surface area contributed by atoms with E-state index >= 15 is 0 Å². The Balaban J connectivity index is 0.00000144. The van der Waals surface area contributed by atoms with E-state index in [1.54, 1.807) is 11.3 Å². The third-order valence-corrected chi connectivity index (χ3v) is 4.44. The van der Waals surface area contributed by atoms with E-state index in [0.717, 1.165) is 18.3 Å². The zero-order chi connectivity index (χ0) is 11.7. The maximum Gasteiger partial charge on any atom is 0.134 e. The van der Waals surface area contributed by atoms with E-state index in [9.17, 15) is 5.11 Å². The monoisotopic (exact) mass is 493 g/mol. The fourth-order valence-electron chi connectivity index (χ4n) is 1.45. The summed E-state index contributed by atoms with van der Waals surface area (Å²) >= 11 is 5.96. The van der Waals surface area contributed by atoms with Crippen LogP contribution in [-0.4, -0.2) is 5.11 Å². The Bertz CT molecular complexity index is 504. The second-order valence-corrected chi connectivity index (χ2v) is 6.55. The van der Waals surface area contributed by atoms with Gasteiger partial charge in [-0.25, -0.2) is 0 Å². The third-order valence-electron chi connectivity index (χ3n) is 2.30. The summed E-state index contributed by atoms with van der Waals surface area (Å²) in [7, 11) is 0. The lowest BCUT2D eigenvalue weighted by molar-refractivity contribution is 0.461. The standard InChI is InChI=1S/C11H9I2NOS.ClH/c12-7-3-8(11(15)9(13)4-7)10(14)6-1-2-16-5-6;/h1-5,10,15H,14H2;1H/t10-;/m0./s1. The van der Waals surface area contributed by atoms with Gasteiger partial charge in [-0.1, -0.05) is 0 Å². The Kier molecular flexibility index (Phi) is 5.97. The zero-order valence-electron chi connectivity index (χ0n) is 8.56. The van der Waals surface area contributed by atoms with Crippen LogP contribution in [0.4, 0.5) is 0 Å². The minimum absolute atomic E-state index is 0. The number of nitrogens with two attached hydrogens (primary N) is 1. The van der Waals surface area contributed by atoms with Gasteiger partial charge in [-0.15, -0.1) is 12.4 Å². The quantitative estimate of drug-likeness (QED) is 0.618. The van der Waals surface area contributed by atoms with E-state index in [4.69, 9.17) is 5.73 Å². The van der Waals surface area contributed by atoms with Gasteiger partial charge in [0.1, 0.15) is 5.75 Å². The number of benzene rings is 1. The minimum atomic E-state index is -0.255. The first-order chi connectivity index (χ1) is 7.59. The summed E-state index contributed by atoms with van der Waals surface area (Å²) in [5.74, 6) is 0.291. The van der Waals surface area contributed by atoms with Crippen LogP contribution >= 0.6 is 68.9 Å². The highest BCUT2D eigenvalue weighted by Crippen LogP contribution is 2.33. The molecular formula is C11H10ClI2NOS. The number of thiophene rings is 1. The van der Waals surface area contributed by atoms with Crippen molar-refractivity contribution in [3.63, 3.8) is 0 Å². The molecule has 0 aliphatic heterocycles. The van der Waals surface area contributed by atoms with Gasteiger partial charge in [0, 0.05) is 9.13 Å². The fourth-order valence-corrected chi connectivity index (χ4v) is 4.04. The molecule has 1 aromatic heterocycles. The van der Waals surface area contributed by atoms with Crippen molar-refractivity contribution < 1.29 is 5.11 Å². The third kappa shape index (κ3) is 3.46. The van der Waals surface area contributed by atoms with Crippen LogP contribution in [0, 0.1) is 7.14 Å². The summed E-state index contributed by atoms with van der Waals surface area (Å²) in [4.78, 5) is 0. The molecule has 0 spiro atoms. The Hall–Kier alpha value is 0.430. The smallest absolute Gasteiger partial charge is 0.134 e. The van der Waals surface area contributed by atoms with E-state index in [1.165, 1.54) is 0 Å². The molecule has 2 aromatic rings. The van der Waals surface area contributed by atoms with Crippen LogP contribution in [0.1, 0.15) is 17.2 Å². The summed E-state index contributed by atoms with van der Waals surface area (Å²) in [6.07, 6.45) is 0. The first kappa shape index (κ1) is 15.5. The van der Waals surface area contributed by atoms with Crippen molar-refractivity contribution in [1.82, 2.24) is 0 Å². The molecule has 3 N–H and O–H groups in total. The molecule has 2 rings (SSSR count). The number of aromatic hydroxyl groups is 1. The zero-order valence-corrected chi connectivity index (χ0v) is 14.5. The molecule has 0 aliphatic carbocycles. The van der Waals surface area contributed by atoms with Crippen LogP contribution in [0.15, 0.2) is 29.0 Å². The van der Waals surface area contributed by atoms with Crippen molar-refractivity contribution in [2.45, 2.75) is 6.04 Å². The SMILES string of the molecule is Cl.N[C@@H](c1ccsc1)c1cc(I)cc(I)c1O. The molecule has 1 heterocycles. The van der Waals surface area contributed by atoms with E-state index in [-0.39, 0.29) is 18.4 Å². The lowest BCUT2D eigenvalue weighted by Gasteiger charge is -2.14. The van der Waals surface area contributed by atoms with Crippen molar-refractivity contribution in [2.24, 2.45) is 5.73 Å². The second kappa shape index (κ2) is 6.55. The number of hydrogen-bond acceptors (Lipinski definition) is 3. The molecule has 0 radical (unpaired) electrons. The summed E-state index contributed by atoms with van der Waals surface area (Å²) in [5.41, 5.74) is 7.97. The Labute approximate surface area is 137 Å². The molecule has 0 bridgehead atoms. The van der Waals surface area contributed by atoms with E-state index < -0.39 is 0 Å². The number of rotatable bonds is 2. The van der Waals surface area contributed by atoms with Crippen LogP contribution in [0.5, 0.6) is 5.75 Å². The van der Waals surface area contributed by atoms with Crippen LogP contribution in [0.25, 0.3) is 0 Å². The first-order valence-corrected chi connectivity index (χ1v) is 7.65. The lowest BCUT2D eigenvalue weighted by Crippen LogP contribution is -2.11. The summed E-state index contributed by atoms with van der Waals surface area (Å²) in [6.45, 7) is 0. The van der Waals surface area contributed by atoms with Gasteiger partial charge < -0.3 is 10.8 Å². The van der Waals surface area contributed by atoms with Crippen LogP contribution in [0.3, 0.4) is 0 Å². The number of phenolic OH excluding ortho intramolecular Hbond substituents is 1. The first-order valence-electron chi connectivity index (χ1n) is 4.55. The molecule has 0 aliphatic rings. The average Bonchev–Trinajstić information content (AvgIpc) is 2.75. The van der Waals surface area contributed by atoms with Crippen LogP contribution < -0.4 is 5.73 Å². The molecule has 92 valence electrons. The number of halogens is 3. The Morgan fingerprint density at radius 2 is 2.00 bits per heavy atom. The predicted octanol–water partition coefficient (Wildman–Crippen LogP) is 4.13. The van der Waals surface area contributed by atoms with E-state index in [2.05, 4.69) is 45.2 Å². The molecular weight excluding hydrogens is 483 g/mol. The van der Waals surface area contributed by atoms with Gasteiger partial charge in [-0.2, -0.15) is 11.3 Å². The predicted molar refractivity (Wildman–Crippen MR) is 91.1 cm³/mol. The summed E-state index contributed by atoms with van der Waals surface area (Å²) in [6, 6.07) is 5.59. The van der Waals surface area contributed by atoms with Crippen molar-refractivity contribution in [1.29, 1.82) is 0 Å². The highest BCUT2D eigenvalue weighted by Gasteiger charge is 2.16. The number of phenols is 1. The molecule has 0 saturated carbocycles. The van der Waals surface area contributed by atoms with Crippen LogP contribution in [-0.2, 0) is 0 Å². The van der Waals surface area contributed by atoms with Crippen molar-refractivity contribution >= 4 is 68.9 Å². The van der Waals surface area contributed by atoms with Gasteiger partial charge in [0.25, 0.3) is 0 Å². The van der Waals surface area contributed by atoms with Gasteiger partial charge in [0.15, 0.2) is 0 Å². The van der Waals surface area contributed by atoms with Gasteiger partial charge in [0.2, 0.25) is 0 Å². The van der Waals surface area contributed by atoms with Crippen molar-refractivity contribution in [3.8, 4) is 5.75 Å². The maximum atomic E-state index is 10.0. The van der Waals surface area contributed by atoms with Gasteiger partial charge in [-0.05, 0) is 79.7 Å². The fraction of sp³-hybridized carbons (Fsp3) is 0.0909. The topological polar surface area (TPSA) is 46.2 Å². The molecule has 6 heteroatoms. The molecule has 0 unspecified atom stereocenters. The maximum absolute atomic E-state index is 10.0. The molecule has 0 fully saturated rings. The summed E-state index contributed by atoms with van der Waals surface area (Å²) < 4.78 is 1.92. The van der Waals surface area contributed by atoms with Gasteiger partial charge in [-0.3, -0.25) is 0 Å². The molecule has 1 aromatic carbocycles. The molecule has 0 amide bonds. The second-order valence-electron chi connectivity index (χ2n) is 3.36. The largest absolute Gasteiger partial charge is 0.506 e. The van der Waals surface area contributed by atoms with Crippen LogP contribution in [0.2, 0.25) is 0 Å². The molecule has 1 atom stereocenters. The molecule has 17 heavy (non-hydrogen) atoms. The van der Waals surface area contributed by atoms with Gasteiger partial charge in [0.05, 0.1) is 9.61 Å². The Morgan fingerprint density at radius 3 is 2.59 bits per heavy atom. The summed E-state index contributed by atoms with van der Waals surface area (Å²) in [5, 5.41) is 14.0. The normalized spacial score (nSPS) is 11.9. The lowest BCUT2D eigenvalue weighted by atomic mass is 10.0. The van der Waals surface area contributed by atoms with Crippen molar-refractivity contribution in [2.75, 3.05) is 0 Å². The van der Waals surface area contributed by atoms with E-state index in [0.29, 0.717) is 5.75 Å². The highest BCUT2D eigenvalue weighted by molar-refractivity contribution is 14.1. The molecule has 0 saturated heterocycles.